The van der Waals surface area contributed by atoms with Gasteiger partial charge in [0.25, 0.3) is 5.91 Å². The molecule has 30 heavy (non-hydrogen) atoms. The lowest BCUT2D eigenvalue weighted by atomic mass is 10.1. The third-order valence-electron chi connectivity index (χ3n) is 4.92. The maximum Gasteiger partial charge on any atom is 0.252 e. The summed E-state index contributed by atoms with van der Waals surface area (Å²) >= 11 is 12.1. The van der Waals surface area contributed by atoms with Crippen LogP contribution in [0.15, 0.2) is 60.8 Å². The molecule has 0 aliphatic carbocycles. The van der Waals surface area contributed by atoms with Gasteiger partial charge in [0.2, 0.25) is 0 Å². The average Bonchev–Trinajstić information content (AvgIpc) is 3.14. The summed E-state index contributed by atoms with van der Waals surface area (Å²) in [5.41, 5.74) is 3.33. The average molecular weight is 442 g/mol. The van der Waals surface area contributed by atoms with E-state index in [1.54, 1.807) is 24.3 Å². The summed E-state index contributed by atoms with van der Waals surface area (Å²) < 4.78 is 15.8. The number of amides is 1. The van der Waals surface area contributed by atoms with E-state index < -0.39 is 5.82 Å². The van der Waals surface area contributed by atoms with Gasteiger partial charge in [0.05, 0.1) is 22.5 Å². The molecule has 2 aromatic carbocycles. The molecule has 1 N–H and O–H groups in total. The Morgan fingerprint density at radius 1 is 1.13 bits per heavy atom. The number of nitrogens with zero attached hydrogens (tertiary/aromatic N) is 2. The van der Waals surface area contributed by atoms with Crippen LogP contribution in [-0.2, 0) is 13.5 Å². The van der Waals surface area contributed by atoms with Gasteiger partial charge in [0.15, 0.2) is 0 Å². The molecule has 0 atom stereocenters. The zero-order valence-electron chi connectivity index (χ0n) is 16.1. The van der Waals surface area contributed by atoms with Crippen LogP contribution < -0.4 is 5.32 Å². The number of carbonyl (C=O) groups is 1. The molecule has 0 radical (unpaired) electrons. The third-order valence-corrected chi connectivity index (χ3v) is 5.50. The maximum atomic E-state index is 13.9. The van der Waals surface area contributed by atoms with Gasteiger partial charge in [-0.15, -0.1) is 0 Å². The van der Waals surface area contributed by atoms with Crippen LogP contribution >= 0.6 is 23.2 Å². The Hall–Kier alpha value is -2.89. The van der Waals surface area contributed by atoms with E-state index in [0.29, 0.717) is 45.2 Å². The minimum absolute atomic E-state index is 0.298. The maximum absolute atomic E-state index is 13.9. The van der Waals surface area contributed by atoms with E-state index in [2.05, 4.69) is 10.3 Å². The molecule has 0 saturated heterocycles. The second kappa shape index (κ2) is 8.46. The predicted octanol–water partition coefficient (Wildman–Crippen LogP) is 5.66. The van der Waals surface area contributed by atoms with Gasteiger partial charge in [-0.2, -0.15) is 0 Å². The Morgan fingerprint density at radius 3 is 2.70 bits per heavy atom. The standard InChI is InChI=1S/C23H18Cl2FN3O/c1-29-10-2-3-22(29)21-13-18(17-12-16(26)6-7-20(17)28-21)23(30)27-9-8-14-4-5-15(24)11-19(14)25/h2-7,10-13H,8-9H2,1H3,(H,27,30). The number of hydrogen-bond acceptors (Lipinski definition) is 2. The van der Waals surface area contributed by atoms with E-state index >= 15 is 0 Å². The Bertz CT molecular complexity index is 1250. The van der Waals surface area contributed by atoms with E-state index in [4.69, 9.17) is 23.2 Å². The van der Waals surface area contributed by atoms with Crippen LogP contribution in [0.1, 0.15) is 15.9 Å². The number of aryl methyl sites for hydroxylation is 1. The number of halogens is 3. The molecule has 4 nitrogen and oxygen atoms in total. The number of benzene rings is 2. The quantitative estimate of drug-likeness (QED) is 0.434. The zero-order valence-corrected chi connectivity index (χ0v) is 17.6. The lowest BCUT2D eigenvalue weighted by Gasteiger charge is -2.12. The summed E-state index contributed by atoms with van der Waals surface area (Å²) in [4.78, 5) is 17.6. The van der Waals surface area contributed by atoms with Gasteiger partial charge < -0.3 is 9.88 Å². The van der Waals surface area contributed by atoms with Gasteiger partial charge in [-0.05, 0) is 60.5 Å². The zero-order chi connectivity index (χ0) is 21.3. The summed E-state index contributed by atoms with van der Waals surface area (Å²) in [6.45, 7) is 0.374. The molecule has 0 saturated carbocycles. The largest absolute Gasteiger partial charge is 0.352 e. The van der Waals surface area contributed by atoms with Gasteiger partial charge in [0.1, 0.15) is 5.82 Å². The molecule has 152 valence electrons. The second-order valence-electron chi connectivity index (χ2n) is 6.96. The molecule has 0 unspecified atom stereocenters. The van der Waals surface area contributed by atoms with E-state index in [0.717, 1.165) is 11.3 Å². The third kappa shape index (κ3) is 4.18. The molecular formula is C23H18Cl2FN3O. The highest BCUT2D eigenvalue weighted by atomic mass is 35.5. The fourth-order valence-electron chi connectivity index (χ4n) is 3.37. The first-order valence-electron chi connectivity index (χ1n) is 9.36. The number of hydrogen-bond donors (Lipinski definition) is 1. The molecule has 0 aliphatic heterocycles. The Labute approximate surface area is 183 Å². The number of carbonyl (C=O) groups excluding carboxylic acids is 1. The van der Waals surface area contributed by atoms with Crippen molar-refractivity contribution in [1.29, 1.82) is 0 Å². The fraction of sp³-hybridized carbons (Fsp3) is 0.130. The van der Waals surface area contributed by atoms with Gasteiger partial charge in [0, 0.05) is 35.2 Å². The highest BCUT2D eigenvalue weighted by Crippen LogP contribution is 2.26. The number of aromatic nitrogens is 2. The molecule has 1 amide bonds. The van der Waals surface area contributed by atoms with Crippen molar-refractivity contribution in [3.8, 4) is 11.4 Å². The van der Waals surface area contributed by atoms with Crippen molar-refractivity contribution in [3.63, 3.8) is 0 Å². The molecule has 0 fully saturated rings. The van der Waals surface area contributed by atoms with Crippen LogP contribution in [-0.4, -0.2) is 22.0 Å². The summed E-state index contributed by atoms with van der Waals surface area (Å²) in [6.07, 6.45) is 2.45. The highest BCUT2D eigenvalue weighted by molar-refractivity contribution is 6.35. The van der Waals surface area contributed by atoms with Gasteiger partial charge >= 0.3 is 0 Å². The molecule has 0 bridgehead atoms. The van der Waals surface area contributed by atoms with E-state index in [9.17, 15) is 9.18 Å². The summed E-state index contributed by atoms with van der Waals surface area (Å²) in [6, 6.07) is 15.0. The van der Waals surface area contributed by atoms with E-state index in [1.165, 1.54) is 12.1 Å². The molecule has 7 heteroatoms. The Balaban J connectivity index is 1.63. The monoisotopic (exact) mass is 441 g/mol. The van der Waals surface area contributed by atoms with Gasteiger partial charge in [-0.3, -0.25) is 4.79 Å². The van der Waals surface area contributed by atoms with Crippen molar-refractivity contribution >= 4 is 40.0 Å². The predicted molar refractivity (Wildman–Crippen MR) is 119 cm³/mol. The molecule has 0 aliphatic rings. The van der Waals surface area contributed by atoms with Crippen LogP contribution in [0.3, 0.4) is 0 Å². The van der Waals surface area contributed by atoms with Crippen LogP contribution in [0, 0.1) is 5.82 Å². The first-order chi connectivity index (χ1) is 14.4. The number of nitrogens with one attached hydrogen (secondary N) is 1. The van der Waals surface area contributed by atoms with Crippen LogP contribution in [0.4, 0.5) is 4.39 Å². The lowest BCUT2D eigenvalue weighted by Crippen LogP contribution is -2.26. The smallest absolute Gasteiger partial charge is 0.252 e. The van der Waals surface area contributed by atoms with Crippen molar-refractivity contribution < 1.29 is 9.18 Å². The van der Waals surface area contributed by atoms with E-state index in [1.807, 2.05) is 36.0 Å². The topological polar surface area (TPSA) is 46.9 Å². The first kappa shape index (κ1) is 20.4. The van der Waals surface area contributed by atoms with Gasteiger partial charge in [-0.1, -0.05) is 29.3 Å². The second-order valence-corrected chi connectivity index (χ2v) is 7.81. The van der Waals surface area contributed by atoms with Gasteiger partial charge in [-0.25, -0.2) is 9.37 Å². The van der Waals surface area contributed by atoms with E-state index in [-0.39, 0.29) is 5.91 Å². The van der Waals surface area contributed by atoms with Crippen molar-refractivity contribution in [2.75, 3.05) is 6.54 Å². The van der Waals surface area contributed by atoms with Crippen LogP contribution in [0.25, 0.3) is 22.3 Å². The molecule has 4 rings (SSSR count). The minimum atomic E-state index is -0.419. The van der Waals surface area contributed by atoms with Crippen molar-refractivity contribution in [3.05, 3.63) is 87.8 Å². The minimum Gasteiger partial charge on any atom is -0.352 e. The molecule has 2 heterocycles. The highest BCUT2D eigenvalue weighted by Gasteiger charge is 2.16. The Kier molecular flexibility index (Phi) is 5.75. The summed E-state index contributed by atoms with van der Waals surface area (Å²) in [5, 5.41) is 4.48. The van der Waals surface area contributed by atoms with Crippen molar-refractivity contribution in [2.45, 2.75) is 6.42 Å². The molecule has 0 spiro atoms. The summed E-state index contributed by atoms with van der Waals surface area (Å²) in [7, 11) is 1.90. The van der Waals surface area contributed by atoms with Crippen LogP contribution in [0.2, 0.25) is 10.0 Å². The molecular weight excluding hydrogens is 424 g/mol. The van der Waals surface area contributed by atoms with Crippen molar-refractivity contribution in [1.82, 2.24) is 14.9 Å². The first-order valence-corrected chi connectivity index (χ1v) is 10.1. The molecule has 4 aromatic rings. The van der Waals surface area contributed by atoms with Crippen molar-refractivity contribution in [2.24, 2.45) is 7.05 Å². The number of rotatable bonds is 5. The summed E-state index contributed by atoms with van der Waals surface area (Å²) in [5.74, 6) is -0.716. The number of fused-ring (bicyclic) bond motifs is 1. The Morgan fingerprint density at radius 2 is 1.97 bits per heavy atom. The lowest BCUT2D eigenvalue weighted by molar-refractivity contribution is 0.0955. The fourth-order valence-corrected chi connectivity index (χ4v) is 3.88. The SMILES string of the molecule is Cn1cccc1-c1cc(C(=O)NCCc2ccc(Cl)cc2Cl)c2cc(F)ccc2n1. The number of pyridine rings is 1. The molecule has 2 aromatic heterocycles. The normalized spacial score (nSPS) is 11.1. The van der Waals surface area contributed by atoms with Crippen LogP contribution in [0.5, 0.6) is 0 Å².